The first-order chi connectivity index (χ1) is 14.3. The van der Waals surface area contributed by atoms with Crippen molar-refractivity contribution in [3.8, 4) is 0 Å². The van der Waals surface area contributed by atoms with Crippen LogP contribution in [0.2, 0.25) is 0 Å². The standard InChI is InChI=1S/C22H32BrN3O3S/c1-16-3-8-24(9-4-16)15-18-5-10-25(11-6-18)30(28,29)21-14-20(23)13-19-7-12-26(17(2)27)22(19)21/h13-14,16,18H,3-12,15H2,1-2H3. The zero-order chi connectivity index (χ0) is 21.5. The predicted molar refractivity (Wildman–Crippen MR) is 122 cm³/mol. The van der Waals surface area contributed by atoms with Gasteiger partial charge in [0.15, 0.2) is 0 Å². The molecule has 6 nitrogen and oxygen atoms in total. The molecule has 1 aromatic carbocycles. The Morgan fingerprint density at radius 2 is 1.73 bits per heavy atom. The summed E-state index contributed by atoms with van der Waals surface area (Å²) in [4.78, 5) is 16.5. The topological polar surface area (TPSA) is 60.9 Å². The highest BCUT2D eigenvalue weighted by Crippen LogP contribution is 2.39. The van der Waals surface area contributed by atoms with Crippen LogP contribution >= 0.6 is 15.9 Å². The third kappa shape index (κ3) is 4.47. The molecule has 0 atom stereocenters. The molecule has 1 aromatic rings. The maximum atomic E-state index is 13.6. The molecule has 0 bridgehead atoms. The number of hydrogen-bond donors (Lipinski definition) is 0. The Morgan fingerprint density at radius 3 is 2.37 bits per heavy atom. The summed E-state index contributed by atoms with van der Waals surface area (Å²) in [6, 6.07) is 3.60. The van der Waals surface area contributed by atoms with E-state index < -0.39 is 10.0 Å². The summed E-state index contributed by atoms with van der Waals surface area (Å²) in [6.07, 6.45) is 5.03. The molecule has 0 aliphatic carbocycles. The van der Waals surface area contributed by atoms with Crippen LogP contribution in [0.15, 0.2) is 21.5 Å². The van der Waals surface area contributed by atoms with Gasteiger partial charge in [0, 0.05) is 37.6 Å². The van der Waals surface area contributed by atoms with Crippen molar-refractivity contribution >= 4 is 37.5 Å². The van der Waals surface area contributed by atoms with Gasteiger partial charge in [0.05, 0.1) is 5.69 Å². The number of sulfonamides is 1. The minimum absolute atomic E-state index is 0.109. The molecule has 3 heterocycles. The van der Waals surface area contributed by atoms with E-state index in [4.69, 9.17) is 0 Å². The Kier molecular flexibility index (Phi) is 6.59. The fraction of sp³-hybridized carbons (Fsp3) is 0.682. The van der Waals surface area contributed by atoms with E-state index in [2.05, 4.69) is 27.8 Å². The molecular weight excluding hydrogens is 466 g/mol. The molecule has 4 rings (SSSR count). The molecule has 30 heavy (non-hydrogen) atoms. The summed E-state index contributed by atoms with van der Waals surface area (Å²) in [5, 5.41) is 0. The lowest BCUT2D eigenvalue weighted by atomic mass is 9.94. The summed E-state index contributed by atoms with van der Waals surface area (Å²) < 4.78 is 29.5. The van der Waals surface area contributed by atoms with E-state index in [0.29, 0.717) is 37.7 Å². The number of halogens is 1. The van der Waals surface area contributed by atoms with Gasteiger partial charge in [0.2, 0.25) is 15.9 Å². The van der Waals surface area contributed by atoms with Crippen LogP contribution in [-0.4, -0.2) is 62.8 Å². The first-order valence-corrected chi connectivity index (χ1v) is 13.3. The fourth-order valence-corrected chi connectivity index (χ4v) is 7.45. The first kappa shape index (κ1) is 22.2. The van der Waals surface area contributed by atoms with Gasteiger partial charge in [-0.05, 0) is 74.7 Å². The van der Waals surface area contributed by atoms with Crippen molar-refractivity contribution in [3.05, 3.63) is 22.2 Å². The number of fused-ring (bicyclic) bond motifs is 1. The van der Waals surface area contributed by atoms with Gasteiger partial charge in [0.25, 0.3) is 0 Å². The number of amides is 1. The molecule has 0 spiro atoms. The van der Waals surface area contributed by atoms with Crippen LogP contribution in [0.3, 0.4) is 0 Å². The quantitative estimate of drug-likeness (QED) is 0.638. The smallest absolute Gasteiger partial charge is 0.245 e. The van der Waals surface area contributed by atoms with Crippen LogP contribution in [0.25, 0.3) is 0 Å². The van der Waals surface area contributed by atoms with Gasteiger partial charge in [-0.2, -0.15) is 4.31 Å². The number of piperidine rings is 2. The maximum absolute atomic E-state index is 13.6. The van der Waals surface area contributed by atoms with Crippen LogP contribution in [0.4, 0.5) is 5.69 Å². The number of hydrogen-bond acceptors (Lipinski definition) is 4. The number of carbonyl (C=O) groups excluding carboxylic acids is 1. The van der Waals surface area contributed by atoms with Gasteiger partial charge >= 0.3 is 0 Å². The Hall–Kier alpha value is -0.960. The van der Waals surface area contributed by atoms with Gasteiger partial charge in [-0.1, -0.05) is 22.9 Å². The largest absolute Gasteiger partial charge is 0.311 e. The second kappa shape index (κ2) is 8.88. The average Bonchev–Trinajstić information content (AvgIpc) is 3.13. The molecule has 166 valence electrons. The molecular formula is C22H32BrN3O3S. The lowest BCUT2D eigenvalue weighted by Gasteiger charge is -2.37. The Balaban J connectivity index is 1.47. The van der Waals surface area contributed by atoms with Crippen LogP contribution < -0.4 is 4.90 Å². The Bertz CT molecular complexity index is 904. The minimum Gasteiger partial charge on any atom is -0.311 e. The highest BCUT2D eigenvalue weighted by Gasteiger charge is 2.36. The zero-order valence-corrected chi connectivity index (χ0v) is 20.3. The molecule has 0 aromatic heterocycles. The molecule has 0 unspecified atom stereocenters. The number of carbonyl (C=O) groups is 1. The molecule has 8 heteroatoms. The summed E-state index contributed by atoms with van der Waals surface area (Å²) >= 11 is 3.47. The van der Waals surface area contributed by atoms with Crippen molar-refractivity contribution in [1.29, 1.82) is 0 Å². The van der Waals surface area contributed by atoms with E-state index in [1.165, 1.54) is 32.9 Å². The fourth-order valence-electron chi connectivity index (χ4n) is 5.06. The lowest BCUT2D eigenvalue weighted by molar-refractivity contribution is -0.116. The van der Waals surface area contributed by atoms with E-state index >= 15 is 0 Å². The number of likely N-dealkylation sites (tertiary alicyclic amines) is 1. The van der Waals surface area contributed by atoms with Crippen LogP contribution in [-0.2, 0) is 21.2 Å². The number of nitrogens with zero attached hydrogens (tertiary/aromatic N) is 3. The zero-order valence-electron chi connectivity index (χ0n) is 17.9. The van der Waals surface area contributed by atoms with E-state index in [1.54, 1.807) is 15.3 Å². The van der Waals surface area contributed by atoms with Crippen LogP contribution in [0.1, 0.15) is 45.1 Å². The molecule has 3 aliphatic heterocycles. The summed E-state index contributed by atoms with van der Waals surface area (Å²) in [7, 11) is -3.64. The van der Waals surface area contributed by atoms with Crippen molar-refractivity contribution in [2.75, 3.05) is 44.2 Å². The maximum Gasteiger partial charge on any atom is 0.245 e. The summed E-state index contributed by atoms with van der Waals surface area (Å²) in [6.45, 7) is 8.91. The molecule has 1 amide bonds. The van der Waals surface area contributed by atoms with Gasteiger partial charge in [-0.3, -0.25) is 4.79 Å². The van der Waals surface area contributed by atoms with Crippen molar-refractivity contribution < 1.29 is 13.2 Å². The highest BCUT2D eigenvalue weighted by atomic mass is 79.9. The third-order valence-corrected chi connectivity index (χ3v) is 9.33. The monoisotopic (exact) mass is 497 g/mol. The van der Waals surface area contributed by atoms with Crippen molar-refractivity contribution in [1.82, 2.24) is 9.21 Å². The second-order valence-electron chi connectivity index (χ2n) is 9.16. The van der Waals surface area contributed by atoms with Crippen molar-refractivity contribution in [2.24, 2.45) is 11.8 Å². The molecule has 0 saturated carbocycles. The number of rotatable bonds is 4. The van der Waals surface area contributed by atoms with Crippen LogP contribution in [0, 0.1) is 11.8 Å². The van der Waals surface area contributed by atoms with E-state index in [1.807, 2.05) is 6.07 Å². The summed E-state index contributed by atoms with van der Waals surface area (Å²) in [5.74, 6) is 1.28. The molecule has 0 radical (unpaired) electrons. The average molecular weight is 498 g/mol. The summed E-state index contributed by atoms with van der Waals surface area (Å²) in [5.41, 5.74) is 1.50. The number of anilines is 1. The van der Waals surface area contributed by atoms with E-state index in [-0.39, 0.29) is 10.8 Å². The molecule has 2 saturated heterocycles. The van der Waals surface area contributed by atoms with Crippen LogP contribution in [0.5, 0.6) is 0 Å². The SMILES string of the molecule is CC(=O)N1CCc2cc(Br)cc(S(=O)(=O)N3CCC(CN4CCC(C)CC4)CC3)c21. The Morgan fingerprint density at radius 1 is 1.07 bits per heavy atom. The van der Waals surface area contributed by atoms with Gasteiger partial charge in [-0.15, -0.1) is 0 Å². The molecule has 3 aliphatic rings. The second-order valence-corrected chi connectivity index (χ2v) is 12.0. The van der Waals surface area contributed by atoms with Crippen molar-refractivity contribution in [3.63, 3.8) is 0 Å². The van der Waals surface area contributed by atoms with Gasteiger partial charge in [0.1, 0.15) is 4.90 Å². The predicted octanol–water partition coefficient (Wildman–Crippen LogP) is 3.49. The normalized spacial score (nSPS) is 22.4. The van der Waals surface area contributed by atoms with E-state index in [9.17, 15) is 13.2 Å². The minimum atomic E-state index is -3.64. The van der Waals surface area contributed by atoms with Gasteiger partial charge < -0.3 is 9.80 Å². The first-order valence-electron chi connectivity index (χ1n) is 11.1. The third-order valence-electron chi connectivity index (χ3n) is 6.96. The van der Waals surface area contributed by atoms with E-state index in [0.717, 1.165) is 35.3 Å². The molecule has 2 fully saturated rings. The lowest BCUT2D eigenvalue weighted by Crippen LogP contribution is -2.43. The number of benzene rings is 1. The highest BCUT2D eigenvalue weighted by molar-refractivity contribution is 9.10. The van der Waals surface area contributed by atoms with Crippen molar-refractivity contribution in [2.45, 2.75) is 50.8 Å². The molecule has 0 N–H and O–H groups in total. The Labute approximate surface area is 188 Å². The van der Waals surface area contributed by atoms with Gasteiger partial charge in [-0.25, -0.2) is 8.42 Å².